The number of rotatable bonds is 8. The largest absolute Gasteiger partial charge is 0.460 e. The van der Waals surface area contributed by atoms with Crippen molar-refractivity contribution in [2.45, 2.75) is 25.3 Å². The number of carbonyl (C=O) groups excluding carboxylic acids is 2. The third-order valence-electron chi connectivity index (χ3n) is 6.06. The Bertz CT molecular complexity index is 981. The first-order valence-corrected chi connectivity index (χ1v) is 12.8. The molecule has 33 heavy (non-hydrogen) atoms. The van der Waals surface area contributed by atoms with Crippen LogP contribution in [0.3, 0.4) is 0 Å². The molecule has 2 aliphatic rings. The maximum atomic E-state index is 12.4. The van der Waals surface area contributed by atoms with E-state index in [0.29, 0.717) is 13.1 Å². The molecule has 9 heteroatoms. The molecule has 2 fully saturated rings. The van der Waals surface area contributed by atoms with Crippen LogP contribution in [0, 0.1) is 0 Å². The molecule has 0 N–H and O–H groups in total. The standard InChI is InChI=1S/C24H28N2O6S/c27-23(31-15-19-7-3-1-4-8-19)13-25-11-12-26(22-18-33(29,30)17-21(22)25)14-24(28)32-16-20-9-5-2-6-10-20/h1-10,21-22H,11-18H2/t21-,22+. The van der Waals surface area contributed by atoms with E-state index in [1.807, 2.05) is 70.5 Å². The Morgan fingerprint density at radius 2 is 1.12 bits per heavy atom. The van der Waals surface area contributed by atoms with Gasteiger partial charge in [-0.1, -0.05) is 60.7 Å². The number of benzene rings is 2. The highest BCUT2D eigenvalue weighted by Gasteiger charge is 2.47. The minimum atomic E-state index is -3.26. The number of sulfone groups is 1. The molecule has 0 saturated carbocycles. The molecule has 2 aromatic rings. The van der Waals surface area contributed by atoms with Crippen molar-refractivity contribution in [3.63, 3.8) is 0 Å². The normalized spacial score (nSPS) is 22.4. The van der Waals surface area contributed by atoms with Gasteiger partial charge in [0.15, 0.2) is 9.84 Å². The summed E-state index contributed by atoms with van der Waals surface area (Å²) in [7, 11) is -3.26. The predicted octanol–water partition coefficient (Wildman–Crippen LogP) is 1.26. The summed E-state index contributed by atoms with van der Waals surface area (Å²) in [6, 6.07) is 18.1. The van der Waals surface area contributed by atoms with Gasteiger partial charge in [0.2, 0.25) is 0 Å². The van der Waals surface area contributed by atoms with Crippen molar-refractivity contribution in [3.05, 3.63) is 71.8 Å². The van der Waals surface area contributed by atoms with Crippen LogP contribution in [0.5, 0.6) is 0 Å². The molecule has 0 unspecified atom stereocenters. The van der Waals surface area contributed by atoms with Crippen LogP contribution in [-0.2, 0) is 42.1 Å². The van der Waals surface area contributed by atoms with Gasteiger partial charge in [-0.05, 0) is 11.1 Å². The van der Waals surface area contributed by atoms with Gasteiger partial charge in [-0.15, -0.1) is 0 Å². The van der Waals surface area contributed by atoms with Crippen LogP contribution >= 0.6 is 0 Å². The molecule has 4 rings (SSSR count). The van der Waals surface area contributed by atoms with Crippen molar-refractivity contribution in [1.82, 2.24) is 9.80 Å². The summed E-state index contributed by atoms with van der Waals surface area (Å²) < 4.78 is 35.5. The van der Waals surface area contributed by atoms with E-state index in [4.69, 9.17) is 9.47 Å². The number of carbonyl (C=O) groups is 2. The van der Waals surface area contributed by atoms with E-state index in [1.54, 1.807) is 0 Å². The van der Waals surface area contributed by atoms with Gasteiger partial charge >= 0.3 is 11.9 Å². The molecule has 0 aliphatic carbocycles. The number of nitrogens with zero attached hydrogens (tertiary/aromatic N) is 2. The Morgan fingerprint density at radius 3 is 1.52 bits per heavy atom. The zero-order valence-corrected chi connectivity index (χ0v) is 19.2. The summed E-state index contributed by atoms with van der Waals surface area (Å²) >= 11 is 0. The van der Waals surface area contributed by atoms with Gasteiger partial charge in [0.25, 0.3) is 0 Å². The number of ether oxygens (including phenoxy) is 2. The van der Waals surface area contributed by atoms with Crippen LogP contribution in [-0.4, -0.2) is 79.9 Å². The third kappa shape index (κ3) is 6.40. The second kappa shape index (κ2) is 10.5. The van der Waals surface area contributed by atoms with Crippen LogP contribution in [0.2, 0.25) is 0 Å². The summed E-state index contributed by atoms with van der Waals surface area (Å²) in [4.78, 5) is 28.6. The quantitative estimate of drug-likeness (QED) is 0.530. The monoisotopic (exact) mass is 472 g/mol. The first-order chi connectivity index (χ1) is 15.9. The summed E-state index contributed by atoms with van der Waals surface area (Å²) in [5.74, 6) is -0.839. The SMILES string of the molecule is O=C(CN1CCN(CC(=O)OCc2ccccc2)[C@H]2CS(=O)(=O)C[C@H]21)OCc1ccccc1. The number of piperazine rings is 1. The van der Waals surface area contributed by atoms with E-state index in [1.165, 1.54) is 0 Å². The Morgan fingerprint density at radius 1 is 0.727 bits per heavy atom. The van der Waals surface area contributed by atoms with Gasteiger partial charge in [-0.2, -0.15) is 0 Å². The first kappa shape index (κ1) is 23.4. The molecular weight excluding hydrogens is 444 g/mol. The van der Waals surface area contributed by atoms with Gasteiger partial charge in [-0.25, -0.2) is 8.42 Å². The lowest BCUT2D eigenvalue weighted by Gasteiger charge is -2.42. The Kier molecular flexibility index (Phi) is 7.42. The van der Waals surface area contributed by atoms with Crippen molar-refractivity contribution in [1.29, 1.82) is 0 Å². The summed E-state index contributed by atoms with van der Waals surface area (Å²) in [6.07, 6.45) is 0. The fourth-order valence-electron chi connectivity index (χ4n) is 4.39. The van der Waals surface area contributed by atoms with Gasteiger partial charge < -0.3 is 9.47 Å². The lowest BCUT2D eigenvalue weighted by molar-refractivity contribution is -0.151. The summed E-state index contributed by atoms with van der Waals surface area (Å²) in [5, 5.41) is 0. The van der Waals surface area contributed by atoms with E-state index < -0.39 is 21.8 Å². The number of esters is 2. The minimum Gasteiger partial charge on any atom is -0.460 e. The number of hydrogen-bond donors (Lipinski definition) is 0. The second-order valence-electron chi connectivity index (χ2n) is 8.45. The van der Waals surface area contributed by atoms with Gasteiger partial charge in [0.1, 0.15) is 13.2 Å². The average molecular weight is 473 g/mol. The van der Waals surface area contributed by atoms with Crippen LogP contribution in [0.25, 0.3) is 0 Å². The van der Waals surface area contributed by atoms with Crippen molar-refractivity contribution in [2.24, 2.45) is 0 Å². The highest BCUT2D eigenvalue weighted by molar-refractivity contribution is 7.91. The molecule has 2 heterocycles. The summed E-state index contributed by atoms with van der Waals surface area (Å²) in [6.45, 7) is 1.36. The molecular formula is C24H28N2O6S. The molecule has 0 radical (unpaired) electrons. The number of hydrogen-bond acceptors (Lipinski definition) is 8. The van der Waals surface area contributed by atoms with E-state index in [0.717, 1.165) is 11.1 Å². The maximum Gasteiger partial charge on any atom is 0.320 e. The van der Waals surface area contributed by atoms with Crippen molar-refractivity contribution in [3.8, 4) is 0 Å². The van der Waals surface area contributed by atoms with Crippen LogP contribution in [0.1, 0.15) is 11.1 Å². The van der Waals surface area contributed by atoms with Crippen LogP contribution in [0.15, 0.2) is 60.7 Å². The second-order valence-corrected chi connectivity index (χ2v) is 10.6. The molecule has 176 valence electrons. The van der Waals surface area contributed by atoms with E-state index in [-0.39, 0.29) is 49.9 Å². The van der Waals surface area contributed by atoms with Crippen molar-refractivity contribution < 1.29 is 27.5 Å². The lowest BCUT2D eigenvalue weighted by atomic mass is 10.0. The maximum absolute atomic E-state index is 12.4. The molecule has 2 saturated heterocycles. The first-order valence-electron chi connectivity index (χ1n) is 11.0. The Labute approximate surface area is 194 Å². The minimum absolute atomic E-state index is 0.0236. The molecule has 2 aromatic carbocycles. The lowest BCUT2D eigenvalue weighted by Crippen LogP contribution is -2.60. The number of fused-ring (bicyclic) bond motifs is 1. The molecule has 0 bridgehead atoms. The summed E-state index contributed by atoms with van der Waals surface area (Å²) in [5.41, 5.74) is 1.79. The third-order valence-corrected chi connectivity index (χ3v) is 7.75. The molecule has 0 spiro atoms. The molecule has 2 atom stereocenters. The highest BCUT2D eigenvalue weighted by Crippen LogP contribution is 2.27. The van der Waals surface area contributed by atoms with Crippen LogP contribution in [0.4, 0.5) is 0 Å². The topological polar surface area (TPSA) is 93.2 Å². The van der Waals surface area contributed by atoms with E-state index >= 15 is 0 Å². The molecule has 0 amide bonds. The fourth-order valence-corrected chi connectivity index (χ4v) is 6.43. The van der Waals surface area contributed by atoms with Gasteiger partial charge in [0, 0.05) is 25.2 Å². The average Bonchev–Trinajstić information content (AvgIpc) is 3.15. The molecule has 2 aliphatic heterocycles. The molecule has 8 nitrogen and oxygen atoms in total. The van der Waals surface area contributed by atoms with Crippen molar-refractivity contribution in [2.75, 3.05) is 37.7 Å². The highest BCUT2D eigenvalue weighted by atomic mass is 32.2. The zero-order chi connectivity index (χ0) is 23.3. The fraction of sp³-hybridized carbons (Fsp3) is 0.417. The Balaban J connectivity index is 1.32. The smallest absolute Gasteiger partial charge is 0.320 e. The van der Waals surface area contributed by atoms with E-state index in [2.05, 4.69) is 0 Å². The van der Waals surface area contributed by atoms with Crippen molar-refractivity contribution >= 4 is 21.8 Å². The zero-order valence-electron chi connectivity index (χ0n) is 18.3. The molecule has 0 aromatic heterocycles. The predicted molar refractivity (Wildman–Crippen MR) is 122 cm³/mol. The van der Waals surface area contributed by atoms with Crippen LogP contribution < -0.4 is 0 Å². The Hall–Kier alpha value is -2.75. The van der Waals surface area contributed by atoms with Gasteiger partial charge in [0.05, 0.1) is 24.6 Å². The van der Waals surface area contributed by atoms with Gasteiger partial charge in [-0.3, -0.25) is 19.4 Å². The van der Waals surface area contributed by atoms with E-state index in [9.17, 15) is 18.0 Å².